The number of aromatic nitrogens is 1. The van der Waals surface area contributed by atoms with Crippen molar-refractivity contribution in [2.24, 2.45) is 0 Å². The zero-order valence-electron chi connectivity index (χ0n) is 13.5. The maximum absolute atomic E-state index is 12.7. The zero-order valence-corrected chi connectivity index (χ0v) is 14.3. The van der Waals surface area contributed by atoms with Gasteiger partial charge in [-0.3, -0.25) is 10.1 Å². The number of rotatable bonds is 5. The molecule has 0 aliphatic carbocycles. The van der Waals surface area contributed by atoms with Crippen molar-refractivity contribution >= 4 is 15.7 Å². The Balaban J connectivity index is 1.64. The molecule has 1 aromatic carbocycles. The average molecular weight is 403 g/mol. The van der Waals surface area contributed by atoms with Gasteiger partial charge in [-0.05, 0) is 18.2 Å². The van der Waals surface area contributed by atoms with Crippen molar-refractivity contribution in [2.75, 3.05) is 13.1 Å². The van der Waals surface area contributed by atoms with Crippen LogP contribution in [0.15, 0.2) is 47.5 Å². The minimum absolute atomic E-state index is 0.0722. The third-order valence-corrected chi connectivity index (χ3v) is 5.70. The number of nitrogens with zero attached hydrogens (tertiary/aromatic N) is 3. The van der Waals surface area contributed by atoms with Crippen LogP contribution in [0.25, 0.3) is 0 Å². The molecule has 0 spiro atoms. The lowest BCUT2D eigenvalue weighted by Crippen LogP contribution is -2.56. The van der Waals surface area contributed by atoms with E-state index in [-0.39, 0.29) is 29.6 Å². The van der Waals surface area contributed by atoms with Crippen LogP contribution in [0.5, 0.6) is 5.88 Å². The lowest BCUT2D eigenvalue weighted by Gasteiger charge is -2.37. The van der Waals surface area contributed by atoms with Crippen molar-refractivity contribution in [3.8, 4) is 5.88 Å². The lowest BCUT2D eigenvalue weighted by atomic mass is 10.2. The van der Waals surface area contributed by atoms with Crippen molar-refractivity contribution in [3.63, 3.8) is 0 Å². The summed E-state index contributed by atoms with van der Waals surface area (Å²) in [5, 5.41) is 10.6. The number of hydrogen-bond donors (Lipinski definition) is 0. The van der Waals surface area contributed by atoms with Gasteiger partial charge in [0.15, 0.2) is 0 Å². The van der Waals surface area contributed by atoms with E-state index in [4.69, 9.17) is 4.74 Å². The molecule has 0 N–H and O–H groups in total. The minimum Gasteiger partial charge on any atom is -0.472 e. The Bertz CT molecular complexity index is 957. The van der Waals surface area contributed by atoms with E-state index in [1.165, 1.54) is 0 Å². The van der Waals surface area contributed by atoms with E-state index in [0.29, 0.717) is 0 Å². The molecule has 12 heteroatoms. The molecule has 0 saturated carbocycles. The molecule has 2 aromatic rings. The molecule has 0 atom stereocenters. The first kappa shape index (κ1) is 19.0. The Morgan fingerprint density at radius 2 is 1.81 bits per heavy atom. The predicted molar refractivity (Wildman–Crippen MR) is 85.5 cm³/mol. The van der Waals surface area contributed by atoms with Crippen LogP contribution in [0.1, 0.15) is 5.56 Å². The maximum atomic E-state index is 12.7. The maximum Gasteiger partial charge on any atom is 0.416 e. The van der Waals surface area contributed by atoms with Gasteiger partial charge in [0.2, 0.25) is 15.9 Å². The lowest BCUT2D eigenvalue weighted by molar-refractivity contribution is -0.384. The van der Waals surface area contributed by atoms with Crippen molar-refractivity contribution in [3.05, 3.63) is 58.3 Å². The number of non-ortho nitro benzene ring substituents is 1. The highest BCUT2D eigenvalue weighted by Crippen LogP contribution is 2.31. The first-order valence-electron chi connectivity index (χ1n) is 7.52. The Hall–Kier alpha value is -2.73. The minimum atomic E-state index is -4.54. The number of nitro benzene ring substituents is 1. The first-order chi connectivity index (χ1) is 12.6. The van der Waals surface area contributed by atoms with Gasteiger partial charge in [-0.1, -0.05) is 0 Å². The summed E-state index contributed by atoms with van der Waals surface area (Å²) >= 11 is 0. The molecular formula is C15H12F3N3O5S. The van der Waals surface area contributed by atoms with Gasteiger partial charge in [-0.15, -0.1) is 0 Å². The van der Waals surface area contributed by atoms with Crippen LogP contribution in [0, 0.1) is 10.1 Å². The highest BCUT2D eigenvalue weighted by Gasteiger charge is 2.39. The van der Waals surface area contributed by atoms with Crippen molar-refractivity contribution in [2.45, 2.75) is 17.2 Å². The molecule has 27 heavy (non-hydrogen) atoms. The Labute approximate surface area is 151 Å². The van der Waals surface area contributed by atoms with Crippen LogP contribution < -0.4 is 4.74 Å². The van der Waals surface area contributed by atoms with Gasteiger partial charge < -0.3 is 4.74 Å². The molecule has 0 radical (unpaired) electrons. The number of alkyl halides is 3. The fraction of sp³-hybridized carbons (Fsp3) is 0.267. The quantitative estimate of drug-likeness (QED) is 0.561. The number of nitro groups is 1. The summed E-state index contributed by atoms with van der Waals surface area (Å²) < 4.78 is 69.2. The topological polar surface area (TPSA) is 103 Å². The van der Waals surface area contributed by atoms with Gasteiger partial charge in [-0.25, -0.2) is 13.4 Å². The molecule has 1 saturated heterocycles. The number of ether oxygens (including phenoxy) is 1. The van der Waals surface area contributed by atoms with E-state index in [1.807, 2.05) is 0 Å². The van der Waals surface area contributed by atoms with Crippen LogP contribution in [0.3, 0.4) is 0 Å². The summed E-state index contributed by atoms with van der Waals surface area (Å²) in [7, 11) is -3.87. The zero-order chi connectivity index (χ0) is 19.8. The summed E-state index contributed by atoms with van der Waals surface area (Å²) in [6, 6.07) is 5.94. The van der Waals surface area contributed by atoms with Gasteiger partial charge in [0, 0.05) is 24.4 Å². The second-order valence-electron chi connectivity index (χ2n) is 5.69. The second kappa shape index (κ2) is 6.78. The molecule has 8 nitrogen and oxygen atoms in total. The number of halogens is 3. The molecule has 1 aliphatic rings. The van der Waals surface area contributed by atoms with E-state index < -0.39 is 32.8 Å². The predicted octanol–water partition coefficient (Wildman–Crippen LogP) is 2.46. The molecule has 0 amide bonds. The van der Waals surface area contributed by atoms with Crippen LogP contribution in [-0.2, 0) is 16.2 Å². The number of sulfonamides is 1. The number of pyridine rings is 1. The van der Waals surface area contributed by atoms with Crippen LogP contribution >= 0.6 is 0 Å². The molecule has 1 aromatic heterocycles. The van der Waals surface area contributed by atoms with Crippen LogP contribution in [-0.4, -0.2) is 41.8 Å². The molecule has 1 fully saturated rings. The van der Waals surface area contributed by atoms with E-state index in [9.17, 15) is 31.7 Å². The molecule has 2 heterocycles. The van der Waals surface area contributed by atoms with E-state index in [0.717, 1.165) is 46.9 Å². The van der Waals surface area contributed by atoms with E-state index in [1.54, 1.807) is 0 Å². The average Bonchev–Trinajstić information content (AvgIpc) is 2.57. The van der Waals surface area contributed by atoms with Crippen LogP contribution in [0.4, 0.5) is 18.9 Å². The van der Waals surface area contributed by atoms with E-state index in [2.05, 4.69) is 4.98 Å². The third kappa shape index (κ3) is 4.01. The van der Waals surface area contributed by atoms with Crippen molar-refractivity contribution in [1.29, 1.82) is 0 Å². The molecule has 144 valence electrons. The smallest absolute Gasteiger partial charge is 0.416 e. The molecular weight excluding hydrogens is 391 g/mol. The first-order valence-corrected chi connectivity index (χ1v) is 8.96. The Morgan fingerprint density at radius 3 is 2.37 bits per heavy atom. The fourth-order valence-corrected chi connectivity index (χ4v) is 3.88. The molecule has 0 bridgehead atoms. The second-order valence-corrected chi connectivity index (χ2v) is 7.63. The normalized spacial score (nSPS) is 16.0. The van der Waals surface area contributed by atoms with Gasteiger partial charge in [0.25, 0.3) is 5.69 Å². The summed E-state index contributed by atoms with van der Waals surface area (Å²) in [5.74, 6) is -0.248. The Kier molecular flexibility index (Phi) is 4.78. The number of hydrogen-bond acceptors (Lipinski definition) is 6. The van der Waals surface area contributed by atoms with Gasteiger partial charge in [0.1, 0.15) is 6.10 Å². The highest BCUT2D eigenvalue weighted by molar-refractivity contribution is 7.89. The highest BCUT2D eigenvalue weighted by atomic mass is 32.2. The van der Waals surface area contributed by atoms with Crippen LogP contribution in [0.2, 0.25) is 0 Å². The number of benzene rings is 1. The molecule has 3 rings (SSSR count). The van der Waals surface area contributed by atoms with E-state index >= 15 is 0 Å². The standard InChI is InChI=1S/C15H12F3N3O5S/c16-15(17,18)10-5-6-19-14(7-10)26-12-8-20(9-12)27(24,25)13-3-1-11(2-4-13)21(22)23/h1-7,12H,8-9H2. The van der Waals surface area contributed by atoms with Gasteiger partial charge in [-0.2, -0.15) is 17.5 Å². The summed E-state index contributed by atoms with van der Waals surface area (Å²) in [5.41, 5.74) is -1.16. The van der Waals surface area contributed by atoms with Crippen molar-refractivity contribution in [1.82, 2.24) is 9.29 Å². The van der Waals surface area contributed by atoms with Gasteiger partial charge >= 0.3 is 6.18 Å². The summed E-state index contributed by atoms with van der Waals surface area (Å²) in [6.45, 7) is -0.144. The summed E-state index contributed by atoms with van der Waals surface area (Å²) in [6.07, 6.45) is -4.22. The fourth-order valence-electron chi connectivity index (χ4n) is 2.38. The van der Waals surface area contributed by atoms with Crippen molar-refractivity contribution < 1.29 is 31.2 Å². The summed E-state index contributed by atoms with van der Waals surface area (Å²) in [4.78, 5) is 13.5. The third-order valence-electron chi connectivity index (χ3n) is 3.85. The SMILES string of the molecule is O=[N+]([O-])c1ccc(S(=O)(=O)N2CC(Oc3cc(C(F)(F)F)ccn3)C2)cc1. The monoisotopic (exact) mass is 403 g/mol. The molecule has 1 aliphatic heterocycles. The largest absolute Gasteiger partial charge is 0.472 e. The van der Waals surface area contributed by atoms with Gasteiger partial charge in [0.05, 0.1) is 28.5 Å². The Morgan fingerprint density at radius 1 is 1.19 bits per heavy atom. The molecule has 0 unspecified atom stereocenters.